The van der Waals surface area contributed by atoms with E-state index in [-0.39, 0.29) is 17.9 Å². The van der Waals surface area contributed by atoms with E-state index in [9.17, 15) is 14.4 Å². The number of aryl methyl sites for hydroxylation is 1. The molecule has 0 radical (unpaired) electrons. The predicted molar refractivity (Wildman–Crippen MR) is 71.5 cm³/mol. The molecule has 1 fully saturated rings. The molecule has 20 heavy (non-hydrogen) atoms. The van der Waals surface area contributed by atoms with Crippen LogP contribution in [-0.4, -0.2) is 44.8 Å². The zero-order chi connectivity index (χ0) is 14.7. The number of hydrogen-bond donors (Lipinski definition) is 2. The molecule has 7 heteroatoms. The zero-order valence-electron chi connectivity index (χ0n) is 11.5. The van der Waals surface area contributed by atoms with Crippen molar-refractivity contribution >= 4 is 11.9 Å². The molecule has 2 heterocycles. The minimum atomic E-state index is -0.773. The largest absolute Gasteiger partial charge is 0.481 e. The number of carboxylic acid groups (broad SMARTS) is 1. The average molecular weight is 281 g/mol. The van der Waals surface area contributed by atoms with Crippen LogP contribution in [0, 0.1) is 5.92 Å². The summed E-state index contributed by atoms with van der Waals surface area (Å²) in [7, 11) is 1.57. The molecule has 1 amide bonds. The second-order valence-electron chi connectivity index (χ2n) is 5.24. The van der Waals surface area contributed by atoms with Gasteiger partial charge in [-0.15, -0.1) is 0 Å². The Labute approximate surface area is 116 Å². The van der Waals surface area contributed by atoms with Gasteiger partial charge in [0.05, 0.1) is 0 Å². The number of H-pyrrole nitrogens is 1. The lowest BCUT2D eigenvalue weighted by Crippen LogP contribution is -2.38. The zero-order valence-corrected chi connectivity index (χ0v) is 11.5. The molecule has 0 spiro atoms. The molecular formula is C13H19N3O4. The summed E-state index contributed by atoms with van der Waals surface area (Å²) in [6, 6.07) is 1.30. The van der Waals surface area contributed by atoms with E-state index in [0.717, 1.165) is 12.8 Å². The normalized spacial score (nSPS) is 16.4. The van der Waals surface area contributed by atoms with E-state index >= 15 is 0 Å². The number of amides is 1. The summed E-state index contributed by atoms with van der Waals surface area (Å²) >= 11 is 0. The lowest BCUT2D eigenvalue weighted by atomic mass is 9.92. The minimum Gasteiger partial charge on any atom is -0.481 e. The van der Waals surface area contributed by atoms with Crippen molar-refractivity contribution in [2.24, 2.45) is 13.0 Å². The Bertz CT molecular complexity index is 552. The van der Waals surface area contributed by atoms with Gasteiger partial charge in [-0.3, -0.25) is 24.2 Å². The first-order valence-corrected chi connectivity index (χ1v) is 6.74. The van der Waals surface area contributed by atoms with Gasteiger partial charge in [0.1, 0.15) is 5.69 Å². The maximum atomic E-state index is 12.2. The van der Waals surface area contributed by atoms with Gasteiger partial charge in [0.2, 0.25) is 0 Å². The first-order valence-electron chi connectivity index (χ1n) is 6.74. The van der Waals surface area contributed by atoms with Crippen LogP contribution in [0.5, 0.6) is 0 Å². The minimum absolute atomic E-state index is 0.167. The van der Waals surface area contributed by atoms with E-state index < -0.39 is 5.97 Å². The SMILES string of the molecule is Cn1[nH]c(C(=O)N2CCC(CCC(=O)O)CC2)cc1=O. The Morgan fingerprint density at radius 2 is 2.05 bits per heavy atom. The molecule has 0 unspecified atom stereocenters. The molecule has 7 nitrogen and oxygen atoms in total. The molecule has 2 N–H and O–H groups in total. The summed E-state index contributed by atoms with van der Waals surface area (Å²) in [4.78, 5) is 35.8. The lowest BCUT2D eigenvalue weighted by molar-refractivity contribution is -0.137. The Morgan fingerprint density at radius 3 is 2.55 bits per heavy atom. The summed E-state index contributed by atoms with van der Waals surface area (Å²) in [6.07, 6.45) is 2.48. The molecule has 0 atom stereocenters. The highest BCUT2D eigenvalue weighted by Gasteiger charge is 2.25. The van der Waals surface area contributed by atoms with Gasteiger partial charge in [-0.05, 0) is 25.2 Å². The van der Waals surface area contributed by atoms with E-state index in [0.29, 0.717) is 31.1 Å². The van der Waals surface area contributed by atoms with E-state index in [4.69, 9.17) is 5.11 Å². The van der Waals surface area contributed by atoms with Gasteiger partial charge in [0.15, 0.2) is 0 Å². The number of aliphatic carboxylic acids is 1. The Balaban J connectivity index is 1.88. The second-order valence-corrected chi connectivity index (χ2v) is 5.24. The topological polar surface area (TPSA) is 95.4 Å². The number of aromatic amines is 1. The molecular weight excluding hydrogens is 262 g/mol. The van der Waals surface area contributed by atoms with Crippen molar-refractivity contribution in [2.45, 2.75) is 25.7 Å². The quantitative estimate of drug-likeness (QED) is 0.836. The highest BCUT2D eigenvalue weighted by atomic mass is 16.4. The number of nitrogens with zero attached hydrogens (tertiary/aromatic N) is 2. The van der Waals surface area contributed by atoms with Crippen LogP contribution in [0.25, 0.3) is 0 Å². The lowest BCUT2D eigenvalue weighted by Gasteiger charge is -2.31. The molecule has 0 saturated carbocycles. The van der Waals surface area contributed by atoms with Crippen LogP contribution in [0.3, 0.4) is 0 Å². The Hall–Kier alpha value is -2.05. The van der Waals surface area contributed by atoms with Crippen LogP contribution in [0.2, 0.25) is 0 Å². The first kappa shape index (κ1) is 14.4. The molecule has 1 aliphatic heterocycles. The smallest absolute Gasteiger partial charge is 0.303 e. The van der Waals surface area contributed by atoms with Gasteiger partial charge in [0, 0.05) is 32.6 Å². The highest BCUT2D eigenvalue weighted by molar-refractivity contribution is 5.92. The van der Waals surface area contributed by atoms with Crippen molar-refractivity contribution in [2.75, 3.05) is 13.1 Å². The van der Waals surface area contributed by atoms with Crippen molar-refractivity contribution in [3.63, 3.8) is 0 Å². The molecule has 1 aliphatic rings. The molecule has 1 saturated heterocycles. The van der Waals surface area contributed by atoms with Crippen molar-refractivity contribution < 1.29 is 14.7 Å². The monoisotopic (exact) mass is 281 g/mol. The van der Waals surface area contributed by atoms with Crippen molar-refractivity contribution in [1.82, 2.24) is 14.7 Å². The third-order valence-corrected chi connectivity index (χ3v) is 3.79. The number of carbonyl (C=O) groups is 2. The third-order valence-electron chi connectivity index (χ3n) is 3.79. The molecule has 1 aromatic rings. The highest BCUT2D eigenvalue weighted by Crippen LogP contribution is 2.22. The summed E-state index contributed by atoms with van der Waals surface area (Å²) in [6.45, 7) is 1.22. The van der Waals surface area contributed by atoms with Crippen LogP contribution in [-0.2, 0) is 11.8 Å². The fourth-order valence-corrected chi connectivity index (χ4v) is 2.52. The summed E-state index contributed by atoms with van der Waals surface area (Å²) < 4.78 is 1.27. The van der Waals surface area contributed by atoms with Crippen LogP contribution in [0.4, 0.5) is 0 Å². The van der Waals surface area contributed by atoms with Gasteiger partial charge in [-0.1, -0.05) is 0 Å². The van der Waals surface area contributed by atoms with E-state index in [1.165, 1.54) is 10.7 Å². The van der Waals surface area contributed by atoms with Crippen LogP contribution < -0.4 is 5.56 Å². The van der Waals surface area contributed by atoms with Crippen molar-refractivity contribution in [3.05, 3.63) is 22.1 Å². The second kappa shape index (κ2) is 5.94. The maximum absolute atomic E-state index is 12.2. The number of carboxylic acids is 1. The van der Waals surface area contributed by atoms with Crippen LogP contribution in [0.15, 0.2) is 10.9 Å². The van der Waals surface area contributed by atoms with Gasteiger partial charge in [0.25, 0.3) is 11.5 Å². The van der Waals surface area contributed by atoms with Gasteiger partial charge in [-0.25, -0.2) is 0 Å². The number of hydrogen-bond acceptors (Lipinski definition) is 3. The molecule has 0 aromatic carbocycles. The van der Waals surface area contributed by atoms with Gasteiger partial charge >= 0.3 is 5.97 Å². The number of likely N-dealkylation sites (tertiary alicyclic amines) is 1. The van der Waals surface area contributed by atoms with Gasteiger partial charge < -0.3 is 10.0 Å². The number of carbonyl (C=O) groups excluding carboxylic acids is 1. The van der Waals surface area contributed by atoms with Crippen molar-refractivity contribution in [3.8, 4) is 0 Å². The predicted octanol–water partition coefficient (Wildman–Crippen LogP) is 0.430. The van der Waals surface area contributed by atoms with Crippen molar-refractivity contribution in [1.29, 1.82) is 0 Å². The maximum Gasteiger partial charge on any atom is 0.303 e. The first-order chi connectivity index (χ1) is 9.47. The molecule has 2 rings (SSSR count). The number of aromatic nitrogens is 2. The van der Waals surface area contributed by atoms with E-state index in [2.05, 4.69) is 5.10 Å². The molecule has 0 bridgehead atoms. The summed E-state index contributed by atoms with van der Waals surface area (Å²) in [5, 5.41) is 11.4. The number of nitrogens with one attached hydrogen (secondary N) is 1. The summed E-state index contributed by atoms with van der Waals surface area (Å²) in [5.74, 6) is -0.574. The standard InChI is InChI=1S/C13H19N3O4/c1-15-11(17)8-10(14-15)13(20)16-6-4-9(5-7-16)2-3-12(18)19/h8-9,14H,2-7H2,1H3,(H,18,19). The van der Waals surface area contributed by atoms with E-state index in [1.807, 2.05) is 0 Å². The van der Waals surface area contributed by atoms with Gasteiger partial charge in [-0.2, -0.15) is 0 Å². The fourth-order valence-electron chi connectivity index (χ4n) is 2.52. The summed E-state index contributed by atoms with van der Waals surface area (Å²) in [5.41, 5.74) is 0.0752. The number of rotatable bonds is 4. The average Bonchev–Trinajstić information content (AvgIpc) is 2.76. The Morgan fingerprint density at radius 1 is 1.40 bits per heavy atom. The van der Waals surface area contributed by atoms with E-state index in [1.54, 1.807) is 11.9 Å². The molecule has 0 aliphatic carbocycles. The van der Waals surface area contributed by atoms with Crippen LogP contribution >= 0.6 is 0 Å². The fraction of sp³-hybridized carbons (Fsp3) is 0.615. The van der Waals surface area contributed by atoms with Crippen LogP contribution in [0.1, 0.15) is 36.2 Å². The third kappa shape index (κ3) is 3.28. The molecule has 1 aromatic heterocycles. The number of piperidine rings is 1. The molecule has 110 valence electrons. The Kier molecular flexibility index (Phi) is 4.26.